The monoisotopic (exact) mass is 372 g/mol. The summed E-state index contributed by atoms with van der Waals surface area (Å²) in [5.41, 5.74) is 7.37. The molecule has 1 fully saturated rings. The van der Waals surface area contributed by atoms with Gasteiger partial charge in [0.1, 0.15) is 5.69 Å². The Morgan fingerprint density at radius 2 is 1.69 bits per heavy atom. The molecule has 1 aromatic carbocycles. The molecule has 2 heterocycles. The largest absolute Gasteiger partial charge is 0.338 e. The Hall–Kier alpha value is -2.44. The maximum absolute atomic E-state index is 12.6. The number of carbonyl (C=O) groups excluding carboxylic acids is 2. The lowest BCUT2D eigenvalue weighted by molar-refractivity contribution is -0.134. The molecule has 1 unspecified atom stereocenters. The van der Waals surface area contributed by atoms with E-state index in [4.69, 9.17) is 17.3 Å². The molecule has 6 nitrogen and oxygen atoms in total. The highest BCUT2D eigenvalue weighted by molar-refractivity contribution is 6.31. The van der Waals surface area contributed by atoms with E-state index in [-0.39, 0.29) is 11.8 Å². The zero-order valence-electron chi connectivity index (χ0n) is 14.3. The zero-order valence-corrected chi connectivity index (χ0v) is 15.1. The molecule has 0 radical (unpaired) electrons. The predicted molar refractivity (Wildman–Crippen MR) is 99.9 cm³/mol. The van der Waals surface area contributed by atoms with Crippen LogP contribution in [0.4, 0.5) is 0 Å². The molecule has 0 bridgehead atoms. The quantitative estimate of drug-likeness (QED) is 0.883. The molecule has 1 aliphatic heterocycles. The van der Waals surface area contributed by atoms with E-state index in [1.807, 2.05) is 18.2 Å². The number of carbonyl (C=O) groups is 2. The highest BCUT2D eigenvalue weighted by atomic mass is 35.5. The van der Waals surface area contributed by atoms with Crippen molar-refractivity contribution in [3.05, 3.63) is 64.9 Å². The molecule has 136 valence electrons. The van der Waals surface area contributed by atoms with Crippen molar-refractivity contribution < 1.29 is 9.59 Å². The van der Waals surface area contributed by atoms with E-state index in [0.29, 0.717) is 43.3 Å². The number of piperazine rings is 1. The Labute approximate surface area is 157 Å². The number of nitrogens with zero attached hydrogens (tertiary/aromatic N) is 3. The van der Waals surface area contributed by atoms with Gasteiger partial charge >= 0.3 is 0 Å². The van der Waals surface area contributed by atoms with Gasteiger partial charge in [-0.05, 0) is 30.2 Å². The molecule has 1 atom stereocenters. The van der Waals surface area contributed by atoms with Crippen molar-refractivity contribution in [2.75, 3.05) is 26.2 Å². The van der Waals surface area contributed by atoms with Crippen molar-refractivity contribution in [3.8, 4) is 0 Å². The molecule has 1 aromatic heterocycles. The predicted octanol–water partition coefficient (Wildman–Crippen LogP) is 1.59. The van der Waals surface area contributed by atoms with Crippen LogP contribution in [0, 0.1) is 0 Å². The van der Waals surface area contributed by atoms with Crippen LogP contribution in [0.3, 0.4) is 0 Å². The third-order valence-electron chi connectivity index (χ3n) is 4.48. The summed E-state index contributed by atoms with van der Waals surface area (Å²) in [6.07, 6.45) is 1.99. The van der Waals surface area contributed by atoms with Crippen LogP contribution >= 0.6 is 11.6 Å². The molecule has 0 spiro atoms. The first-order valence-corrected chi connectivity index (χ1v) is 8.92. The van der Waals surface area contributed by atoms with Crippen molar-refractivity contribution in [1.29, 1.82) is 0 Å². The zero-order chi connectivity index (χ0) is 18.5. The number of aromatic nitrogens is 1. The molecule has 2 N–H and O–H groups in total. The van der Waals surface area contributed by atoms with E-state index in [2.05, 4.69) is 4.98 Å². The number of benzene rings is 1. The Kier molecular flexibility index (Phi) is 5.85. The topological polar surface area (TPSA) is 79.5 Å². The minimum atomic E-state index is -0.645. The van der Waals surface area contributed by atoms with Gasteiger partial charge in [0, 0.05) is 37.4 Å². The van der Waals surface area contributed by atoms with Gasteiger partial charge in [0.05, 0.1) is 6.04 Å². The molecule has 26 heavy (non-hydrogen) atoms. The van der Waals surface area contributed by atoms with Crippen molar-refractivity contribution in [3.63, 3.8) is 0 Å². The number of pyridine rings is 1. The second-order valence-electron chi connectivity index (χ2n) is 6.23. The Morgan fingerprint density at radius 3 is 2.35 bits per heavy atom. The van der Waals surface area contributed by atoms with Crippen LogP contribution in [0.15, 0.2) is 48.7 Å². The minimum Gasteiger partial charge on any atom is -0.338 e. The summed E-state index contributed by atoms with van der Waals surface area (Å²) in [5, 5.41) is 0.613. The molecule has 3 rings (SSSR count). The van der Waals surface area contributed by atoms with E-state index >= 15 is 0 Å². The van der Waals surface area contributed by atoms with E-state index in [1.165, 1.54) is 0 Å². The summed E-state index contributed by atoms with van der Waals surface area (Å²) >= 11 is 6.14. The number of rotatable bonds is 4. The number of halogens is 1. The van der Waals surface area contributed by atoms with E-state index < -0.39 is 6.04 Å². The second kappa shape index (κ2) is 8.29. The fraction of sp³-hybridized carbons (Fsp3) is 0.316. The van der Waals surface area contributed by atoms with Gasteiger partial charge in [-0.25, -0.2) is 0 Å². The van der Waals surface area contributed by atoms with E-state index in [1.54, 1.807) is 40.3 Å². The lowest BCUT2D eigenvalue weighted by Gasteiger charge is -2.35. The van der Waals surface area contributed by atoms with Gasteiger partial charge < -0.3 is 15.5 Å². The highest BCUT2D eigenvalue weighted by Crippen LogP contribution is 2.17. The SMILES string of the molecule is NC(Cc1ccccc1Cl)C(=O)N1CCN(C(=O)c2ccccn2)CC1. The normalized spacial score (nSPS) is 15.6. The maximum atomic E-state index is 12.6. The van der Waals surface area contributed by atoms with Crippen molar-refractivity contribution in [2.24, 2.45) is 5.73 Å². The van der Waals surface area contributed by atoms with Crippen molar-refractivity contribution in [2.45, 2.75) is 12.5 Å². The average molecular weight is 373 g/mol. The Morgan fingerprint density at radius 1 is 1.04 bits per heavy atom. The first-order chi connectivity index (χ1) is 12.6. The standard InChI is InChI=1S/C19H21ClN4O2/c20-15-6-2-1-5-14(15)13-16(21)18(25)23-9-11-24(12-10-23)19(26)17-7-3-4-8-22-17/h1-8,16H,9-13,21H2. The summed E-state index contributed by atoms with van der Waals surface area (Å²) < 4.78 is 0. The molecule has 2 aromatic rings. The number of hydrogen-bond donors (Lipinski definition) is 1. The van der Waals surface area contributed by atoms with E-state index in [0.717, 1.165) is 5.56 Å². The van der Waals surface area contributed by atoms with Crippen molar-refractivity contribution in [1.82, 2.24) is 14.8 Å². The smallest absolute Gasteiger partial charge is 0.272 e. The first-order valence-electron chi connectivity index (χ1n) is 8.54. The molecular formula is C19H21ClN4O2. The van der Waals surface area contributed by atoms with Crippen LogP contribution in [0.2, 0.25) is 5.02 Å². The summed E-state index contributed by atoms with van der Waals surface area (Å²) in [5.74, 6) is -0.229. The summed E-state index contributed by atoms with van der Waals surface area (Å²) in [6, 6.07) is 12.0. The van der Waals surface area contributed by atoms with Gasteiger partial charge in [0.2, 0.25) is 5.91 Å². The van der Waals surface area contributed by atoms with Crippen LogP contribution in [0.5, 0.6) is 0 Å². The molecule has 0 saturated carbocycles. The number of nitrogens with two attached hydrogens (primary N) is 1. The Balaban J connectivity index is 1.55. The number of hydrogen-bond acceptors (Lipinski definition) is 4. The number of amides is 2. The fourth-order valence-electron chi connectivity index (χ4n) is 3.00. The van der Waals surface area contributed by atoms with Gasteiger partial charge in [0.15, 0.2) is 0 Å². The first kappa shape index (κ1) is 18.4. The summed E-state index contributed by atoms with van der Waals surface area (Å²) in [6.45, 7) is 1.88. The van der Waals surface area contributed by atoms with Gasteiger partial charge in [0.25, 0.3) is 5.91 Å². The Bertz CT molecular complexity index is 776. The van der Waals surface area contributed by atoms with Crippen LogP contribution < -0.4 is 5.73 Å². The lowest BCUT2D eigenvalue weighted by atomic mass is 10.1. The minimum absolute atomic E-state index is 0.113. The highest BCUT2D eigenvalue weighted by Gasteiger charge is 2.28. The van der Waals surface area contributed by atoms with Crippen molar-refractivity contribution >= 4 is 23.4 Å². The van der Waals surface area contributed by atoms with Crippen LogP contribution in [-0.4, -0.2) is 58.8 Å². The molecule has 2 amide bonds. The molecule has 1 aliphatic rings. The van der Waals surface area contributed by atoms with Gasteiger partial charge in [-0.3, -0.25) is 14.6 Å². The molecular weight excluding hydrogens is 352 g/mol. The van der Waals surface area contributed by atoms with Gasteiger partial charge in [-0.15, -0.1) is 0 Å². The van der Waals surface area contributed by atoms with E-state index in [9.17, 15) is 9.59 Å². The fourth-order valence-corrected chi connectivity index (χ4v) is 3.22. The molecule has 7 heteroatoms. The second-order valence-corrected chi connectivity index (χ2v) is 6.64. The summed E-state index contributed by atoms with van der Waals surface area (Å²) in [7, 11) is 0. The third-order valence-corrected chi connectivity index (χ3v) is 4.85. The lowest BCUT2D eigenvalue weighted by Crippen LogP contribution is -2.54. The molecule has 0 aliphatic carbocycles. The maximum Gasteiger partial charge on any atom is 0.272 e. The molecule has 1 saturated heterocycles. The van der Waals surface area contributed by atoms with Gasteiger partial charge in [-0.1, -0.05) is 35.9 Å². The van der Waals surface area contributed by atoms with Crippen LogP contribution in [0.1, 0.15) is 16.1 Å². The third kappa shape index (κ3) is 4.20. The van der Waals surface area contributed by atoms with Crippen LogP contribution in [0.25, 0.3) is 0 Å². The summed E-state index contributed by atoms with van der Waals surface area (Å²) in [4.78, 5) is 32.5. The van der Waals surface area contributed by atoms with Crippen LogP contribution in [-0.2, 0) is 11.2 Å². The van der Waals surface area contributed by atoms with Gasteiger partial charge in [-0.2, -0.15) is 0 Å². The average Bonchev–Trinajstić information content (AvgIpc) is 2.69.